The van der Waals surface area contributed by atoms with Crippen LogP contribution in [-0.2, 0) is 48.0 Å². The number of carbonyl (C=O) groups excluding carboxylic acids is 5. The van der Waals surface area contributed by atoms with E-state index in [1.807, 2.05) is 0 Å². The van der Waals surface area contributed by atoms with E-state index in [1.165, 1.54) is 36.8 Å². The summed E-state index contributed by atoms with van der Waals surface area (Å²) in [6.45, 7) is 0.277. The Balaban J connectivity index is 1.85. The van der Waals surface area contributed by atoms with Gasteiger partial charge in [0.1, 0.15) is 29.9 Å². The molecule has 290 valence electrons. The maximum Gasteiger partial charge on any atom is 0.326 e. The van der Waals surface area contributed by atoms with Gasteiger partial charge in [0.15, 0.2) is 5.96 Å². The van der Waals surface area contributed by atoms with E-state index in [1.54, 1.807) is 30.3 Å². The summed E-state index contributed by atoms with van der Waals surface area (Å²) in [5, 5.41) is 39.7. The predicted octanol–water partition coefficient (Wildman–Crippen LogP) is -1.98. The van der Waals surface area contributed by atoms with E-state index in [2.05, 4.69) is 36.6 Å². The van der Waals surface area contributed by atoms with Crippen molar-refractivity contribution < 1.29 is 39.0 Å². The Kier molecular flexibility index (Phi) is 16.4. The zero-order valence-corrected chi connectivity index (χ0v) is 29.4. The smallest absolute Gasteiger partial charge is 0.326 e. The van der Waals surface area contributed by atoms with Crippen LogP contribution in [0.2, 0.25) is 0 Å². The Hall–Kier alpha value is -6.50. The van der Waals surface area contributed by atoms with Crippen molar-refractivity contribution >= 4 is 41.5 Å². The highest BCUT2D eigenvalue weighted by molar-refractivity contribution is 5.96. The van der Waals surface area contributed by atoms with Crippen molar-refractivity contribution in [2.24, 2.45) is 17.2 Å². The van der Waals surface area contributed by atoms with Gasteiger partial charge in [-0.15, -0.1) is 0 Å². The molecule has 15 N–H and O–H groups in total. The van der Waals surface area contributed by atoms with E-state index in [0.29, 0.717) is 23.2 Å². The fourth-order valence-corrected chi connectivity index (χ4v) is 5.28. The topological polar surface area (TPSA) is 334 Å². The molecule has 5 amide bonds. The largest absolute Gasteiger partial charge is 0.508 e. The molecule has 0 bridgehead atoms. The third kappa shape index (κ3) is 14.6. The number of aliphatic carboxylic acids is 1. The van der Waals surface area contributed by atoms with Crippen LogP contribution >= 0.6 is 0 Å². The lowest BCUT2D eigenvalue weighted by Crippen LogP contribution is -2.59. The number of carboxylic acid groups (broad SMARTS) is 1. The number of hydrogen-bond donors (Lipinski definition) is 12. The summed E-state index contributed by atoms with van der Waals surface area (Å²) in [6.07, 6.45) is 2.51. The first-order chi connectivity index (χ1) is 25.7. The number of aromatic nitrogens is 2. The highest BCUT2D eigenvalue weighted by Gasteiger charge is 2.32. The molecule has 0 radical (unpaired) electrons. The van der Waals surface area contributed by atoms with Crippen LogP contribution in [0.4, 0.5) is 0 Å². The minimum Gasteiger partial charge on any atom is -0.508 e. The number of imidazole rings is 1. The summed E-state index contributed by atoms with van der Waals surface area (Å²) in [7, 11) is 0. The van der Waals surface area contributed by atoms with Crippen LogP contribution in [0.25, 0.3) is 0 Å². The summed E-state index contributed by atoms with van der Waals surface area (Å²) >= 11 is 0. The fourth-order valence-electron chi connectivity index (χ4n) is 5.28. The van der Waals surface area contributed by atoms with Crippen molar-refractivity contribution in [3.63, 3.8) is 0 Å². The number of aromatic hydroxyl groups is 1. The van der Waals surface area contributed by atoms with Crippen molar-refractivity contribution in [1.82, 2.24) is 36.6 Å². The summed E-state index contributed by atoms with van der Waals surface area (Å²) in [5.41, 5.74) is 18.1. The molecule has 19 nitrogen and oxygen atoms in total. The lowest BCUT2D eigenvalue weighted by molar-refractivity contribution is -0.142. The number of nitrogens with two attached hydrogens (primary N) is 3. The number of aromatic amines is 1. The number of rotatable bonds is 22. The van der Waals surface area contributed by atoms with Crippen molar-refractivity contribution in [3.05, 3.63) is 83.9 Å². The zero-order chi connectivity index (χ0) is 39.6. The van der Waals surface area contributed by atoms with Gasteiger partial charge < -0.3 is 59.0 Å². The van der Waals surface area contributed by atoms with Crippen molar-refractivity contribution in [2.45, 2.75) is 75.2 Å². The van der Waals surface area contributed by atoms with Crippen LogP contribution in [-0.4, -0.2) is 98.4 Å². The standard InChI is InChI=1S/C35H47N11O8/c36-24(7-4-14-41-35(38)39)30(49)43-25(12-13-29(37)48)31(50)44-26(15-21-8-10-23(47)11-9-21)32(51)45-27(17-22-18-40-19-42-22)33(52)46-28(34(53)54)16-20-5-2-1-3-6-20/h1-3,5-6,8-11,18-19,24-28,47H,4,7,12-17,36H2,(H2,37,48)(H,40,42)(H,43,49)(H,44,50)(H,45,51)(H,46,52)(H,53,54)(H4,38,39,41)/t24-,25-,26-,27-,28-/m0/s1. The first-order valence-electron chi connectivity index (χ1n) is 17.1. The average molecular weight is 750 g/mol. The number of phenolic OH excluding ortho intramolecular Hbond substituents is 1. The normalized spacial score (nSPS) is 13.6. The molecule has 0 aliphatic rings. The number of phenols is 1. The van der Waals surface area contributed by atoms with Gasteiger partial charge in [-0.25, -0.2) is 9.78 Å². The molecule has 54 heavy (non-hydrogen) atoms. The summed E-state index contributed by atoms with van der Waals surface area (Å²) in [6, 6.07) is 7.90. The average Bonchev–Trinajstić information content (AvgIpc) is 3.65. The number of H-pyrrole nitrogens is 1. The highest BCUT2D eigenvalue weighted by Crippen LogP contribution is 2.13. The number of carboxylic acids is 1. The molecule has 0 spiro atoms. The van der Waals surface area contributed by atoms with Gasteiger partial charge in [0, 0.05) is 38.4 Å². The molecule has 0 fully saturated rings. The summed E-state index contributed by atoms with van der Waals surface area (Å²) < 4.78 is 0. The third-order valence-corrected chi connectivity index (χ3v) is 8.16. The van der Waals surface area contributed by atoms with E-state index in [-0.39, 0.29) is 56.8 Å². The Labute approximate surface area is 310 Å². The molecular weight excluding hydrogens is 702 g/mol. The van der Waals surface area contributed by atoms with Gasteiger partial charge >= 0.3 is 5.97 Å². The quantitative estimate of drug-likeness (QED) is 0.0302. The first kappa shape index (κ1) is 41.9. The number of benzene rings is 2. The number of nitrogens with one attached hydrogen (secondary N) is 7. The lowest BCUT2D eigenvalue weighted by Gasteiger charge is -2.26. The molecule has 0 saturated carbocycles. The monoisotopic (exact) mass is 749 g/mol. The molecule has 3 rings (SSSR count). The van der Waals surface area contributed by atoms with Crippen LogP contribution < -0.4 is 43.8 Å². The van der Waals surface area contributed by atoms with Crippen LogP contribution in [0.1, 0.15) is 42.5 Å². The number of primary amides is 1. The molecule has 0 aliphatic heterocycles. The van der Waals surface area contributed by atoms with E-state index >= 15 is 0 Å². The van der Waals surface area contributed by atoms with Crippen LogP contribution in [0, 0.1) is 5.41 Å². The van der Waals surface area contributed by atoms with Crippen molar-refractivity contribution in [2.75, 3.05) is 6.54 Å². The van der Waals surface area contributed by atoms with Crippen molar-refractivity contribution in [1.29, 1.82) is 5.41 Å². The third-order valence-electron chi connectivity index (χ3n) is 8.16. The minimum absolute atomic E-state index is 0.0398. The number of carbonyl (C=O) groups is 6. The molecule has 2 aromatic carbocycles. The lowest BCUT2D eigenvalue weighted by atomic mass is 10.0. The second kappa shape index (κ2) is 21.1. The Bertz CT molecular complexity index is 1720. The zero-order valence-electron chi connectivity index (χ0n) is 29.4. The number of hydrogen-bond acceptors (Lipinski definition) is 10. The Morgan fingerprint density at radius 2 is 1.30 bits per heavy atom. The van der Waals surface area contributed by atoms with E-state index in [4.69, 9.17) is 22.6 Å². The van der Waals surface area contributed by atoms with E-state index in [0.717, 1.165) is 0 Å². The molecule has 19 heteroatoms. The highest BCUT2D eigenvalue weighted by atomic mass is 16.4. The van der Waals surface area contributed by atoms with Gasteiger partial charge in [-0.05, 0) is 42.5 Å². The van der Waals surface area contributed by atoms with Gasteiger partial charge in [-0.1, -0.05) is 42.5 Å². The molecular formula is C35H47N11O8. The van der Waals surface area contributed by atoms with Gasteiger partial charge in [-0.2, -0.15) is 0 Å². The Morgan fingerprint density at radius 3 is 1.87 bits per heavy atom. The van der Waals surface area contributed by atoms with E-state index < -0.39 is 65.7 Å². The van der Waals surface area contributed by atoms with Gasteiger partial charge in [0.2, 0.25) is 29.5 Å². The van der Waals surface area contributed by atoms with Crippen LogP contribution in [0.3, 0.4) is 0 Å². The molecule has 1 aromatic heterocycles. The molecule has 0 saturated heterocycles. The second-order valence-corrected chi connectivity index (χ2v) is 12.5. The number of guanidine groups is 1. The minimum atomic E-state index is -1.39. The van der Waals surface area contributed by atoms with Gasteiger partial charge in [-0.3, -0.25) is 29.4 Å². The molecule has 0 aliphatic carbocycles. The maximum absolute atomic E-state index is 14.0. The molecule has 5 atom stereocenters. The number of nitrogens with zero attached hydrogens (tertiary/aromatic N) is 1. The Morgan fingerprint density at radius 1 is 0.741 bits per heavy atom. The van der Waals surface area contributed by atoms with Gasteiger partial charge in [0.05, 0.1) is 18.1 Å². The SMILES string of the molecule is N=C(N)NCCC[C@H](N)C(=O)N[C@@H](CCC(N)=O)C(=O)N[C@@H](Cc1ccc(O)cc1)C(=O)N[C@@H](Cc1c[nH]cn1)C(=O)N[C@@H](Cc1ccccc1)C(=O)O. The second-order valence-electron chi connectivity index (χ2n) is 12.5. The number of amides is 5. The fraction of sp³-hybridized carbons (Fsp3) is 0.371. The summed E-state index contributed by atoms with van der Waals surface area (Å²) in [4.78, 5) is 85.1. The molecule has 0 unspecified atom stereocenters. The molecule has 1 heterocycles. The van der Waals surface area contributed by atoms with Crippen LogP contribution in [0.5, 0.6) is 5.75 Å². The maximum atomic E-state index is 14.0. The van der Waals surface area contributed by atoms with Gasteiger partial charge in [0.25, 0.3) is 0 Å². The van der Waals surface area contributed by atoms with Crippen molar-refractivity contribution in [3.8, 4) is 5.75 Å². The molecule has 3 aromatic rings. The predicted molar refractivity (Wildman–Crippen MR) is 195 cm³/mol. The van der Waals surface area contributed by atoms with E-state index in [9.17, 15) is 39.0 Å². The van der Waals surface area contributed by atoms with Crippen LogP contribution in [0.15, 0.2) is 67.1 Å². The summed E-state index contributed by atoms with van der Waals surface area (Å²) in [5.74, 6) is -5.61. The first-order valence-corrected chi connectivity index (χ1v) is 17.1.